The van der Waals surface area contributed by atoms with Crippen LogP contribution in [0.4, 0.5) is 15.8 Å². The Morgan fingerprint density at radius 3 is 2.80 bits per heavy atom. The van der Waals surface area contributed by atoms with Crippen molar-refractivity contribution in [2.45, 2.75) is 13.8 Å². The zero-order chi connectivity index (χ0) is 14.7. The molecule has 1 aromatic heterocycles. The predicted octanol–water partition coefficient (Wildman–Crippen LogP) is 2.55. The lowest BCUT2D eigenvalue weighted by molar-refractivity contribution is 0.102. The maximum absolute atomic E-state index is 13.8. The van der Waals surface area contributed by atoms with Crippen LogP contribution in [-0.4, -0.2) is 22.2 Å². The van der Waals surface area contributed by atoms with Gasteiger partial charge in [0.15, 0.2) is 0 Å². The van der Waals surface area contributed by atoms with Crippen LogP contribution < -0.4 is 10.6 Å². The van der Waals surface area contributed by atoms with Crippen molar-refractivity contribution in [3.05, 3.63) is 41.5 Å². The summed E-state index contributed by atoms with van der Waals surface area (Å²) in [4.78, 5) is 12.3. The number of para-hydroxylation sites is 1. The maximum atomic E-state index is 13.8. The van der Waals surface area contributed by atoms with Gasteiger partial charge in [0.05, 0.1) is 22.6 Å². The molecule has 2 aromatic rings. The molecule has 0 spiro atoms. The largest absolute Gasteiger partial charge is 0.382 e. The van der Waals surface area contributed by atoms with Crippen molar-refractivity contribution in [1.82, 2.24) is 9.78 Å². The summed E-state index contributed by atoms with van der Waals surface area (Å²) in [7, 11) is 1.77. The number of hydrogen-bond donors (Lipinski definition) is 2. The number of aromatic nitrogens is 2. The molecule has 2 rings (SSSR count). The third kappa shape index (κ3) is 2.79. The van der Waals surface area contributed by atoms with Gasteiger partial charge < -0.3 is 10.6 Å². The van der Waals surface area contributed by atoms with Crippen molar-refractivity contribution in [3.8, 4) is 0 Å². The molecule has 0 unspecified atom stereocenters. The standard InChI is InChI=1S/C14H17FN4O/c1-4-16-13-10(6-5-7-11(13)15)14(20)17-12-8-19(3)18-9(12)2/h5-8,16H,4H2,1-3H3,(H,17,20). The average Bonchev–Trinajstić information content (AvgIpc) is 2.70. The van der Waals surface area contributed by atoms with Gasteiger partial charge in [0.25, 0.3) is 5.91 Å². The van der Waals surface area contributed by atoms with Gasteiger partial charge in [0.1, 0.15) is 5.82 Å². The predicted molar refractivity (Wildman–Crippen MR) is 76.5 cm³/mol. The van der Waals surface area contributed by atoms with Crippen LogP contribution in [0.5, 0.6) is 0 Å². The normalized spacial score (nSPS) is 10.4. The van der Waals surface area contributed by atoms with Gasteiger partial charge >= 0.3 is 0 Å². The molecule has 106 valence electrons. The van der Waals surface area contributed by atoms with Gasteiger partial charge in [0.2, 0.25) is 0 Å². The van der Waals surface area contributed by atoms with Gasteiger partial charge in [-0.25, -0.2) is 4.39 Å². The monoisotopic (exact) mass is 276 g/mol. The second-order valence-electron chi connectivity index (χ2n) is 4.45. The lowest BCUT2D eigenvalue weighted by Crippen LogP contribution is -2.16. The summed E-state index contributed by atoms with van der Waals surface area (Å²) in [6.07, 6.45) is 1.71. The van der Waals surface area contributed by atoms with Gasteiger partial charge in [-0.1, -0.05) is 6.07 Å². The number of nitrogens with one attached hydrogen (secondary N) is 2. The average molecular weight is 276 g/mol. The first-order chi connectivity index (χ1) is 9.52. The van der Waals surface area contributed by atoms with E-state index in [-0.39, 0.29) is 17.2 Å². The smallest absolute Gasteiger partial charge is 0.257 e. The number of aryl methyl sites for hydroxylation is 2. The second-order valence-corrected chi connectivity index (χ2v) is 4.45. The molecule has 1 amide bonds. The van der Waals surface area contributed by atoms with Crippen molar-refractivity contribution in [2.24, 2.45) is 7.05 Å². The van der Waals surface area contributed by atoms with Crippen LogP contribution in [0.25, 0.3) is 0 Å². The summed E-state index contributed by atoms with van der Waals surface area (Å²) in [5.41, 5.74) is 1.82. The molecule has 0 aliphatic heterocycles. The van der Waals surface area contributed by atoms with Crippen molar-refractivity contribution in [1.29, 1.82) is 0 Å². The molecular formula is C14H17FN4O. The summed E-state index contributed by atoms with van der Waals surface area (Å²) in [6, 6.07) is 4.42. The van der Waals surface area contributed by atoms with Crippen molar-refractivity contribution in [2.75, 3.05) is 17.2 Å². The molecule has 5 nitrogen and oxygen atoms in total. The Labute approximate surface area is 116 Å². The third-order valence-corrected chi connectivity index (χ3v) is 2.87. The number of rotatable bonds is 4. The molecule has 6 heteroatoms. The molecule has 20 heavy (non-hydrogen) atoms. The highest BCUT2D eigenvalue weighted by Crippen LogP contribution is 2.21. The Bertz CT molecular complexity index is 636. The van der Waals surface area contributed by atoms with Crippen LogP contribution in [-0.2, 0) is 7.05 Å². The van der Waals surface area contributed by atoms with Gasteiger partial charge in [-0.2, -0.15) is 5.10 Å². The van der Waals surface area contributed by atoms with E-state index in [1.807, 2.05) is 6.92 Å². The van der Waals surface area contributed by atoms with Crippen LogP contribution in [0.15, 0.2) is 24.4 Å². The summed E-state index contributed by atoms with van der Waals surface area (Å²) < 4.78 is 15.4. The lowest BCUT2D eigenvalue weighted by Gasteiger charge is -2.11. The maximum Gasteiger partial charge on any atom is 0.257 e. The highest BCUT2D eigenvalue weighted by molar-refractivity contribution is 6.08. The quantitative estimate of drug-likeness (QED) is 0.902. The molecule has 0 atom stereocenters. The van der Waals surface area contributed by atoms with E-state index in [4.69, 9.17) is 0 Å². The number of benzene rings is 1. The SMILES string of the molecule is CCNc1c(F)cccc1C(=O)Nc1cn(C)nc1C. The van der Waals surface area contributed by atoms with Gasteiger partial charge in [0, 0.05) is 19.8 Å². The minimum atomic E-state index is -0.442. The number of amides is 1. The van der Waals surface area contributed by atoms with E-state index in [2.05, 4.69) is 15.7 Å². The van der Waals surface area contributed by atoms with Crippen LogP contribution >= 0.6 is 0 Å². The van der Waals surface area contributed by atoms with Crippen LogP contribution in [0.1, 0.15) is 23.0 Å². The first-order valence-electron chi connectivity index (χ1n) is 6.37. The summed E-state index contributed by atoms with van der Waals surface area (Å²) in [6.45, 7) is 4.18. The first kappa shape index (κ1) is 14.0. The fraction of sp³-hybridized carbons (Fsp3) is 0.286. The van der Waals surface area contributed by atoms with Gasteiger partial charge in [-0.15, -0.1) is 0 Å². The number of hydrogen-bond acceptors (Lipinski definition) is 3. The first-order valence-corrected chi connectivity index (χ1v) is 6.37. The lowest BCUT2D eigenvalue weighted by atomic mass is 10.1. The minimum absolute atomic E-state index is 0.217. The van der Waals surface area contributed by atoms with Crippen LogP contribution in [0.3, 0.4) is 0 Å². The molecule has 1 aromatic carbocycles. The Balaban J connectivity index is 2.29. The molecular weight excluding hydrogens is 259 g/mol. The van der Waals surface area contributed by atoms with Gasteiger partial charge in [-0.3, -0.25) is 9.48 Å². The topological polar surface area (TPSA) is 59.0 Å². The molecule has 0 bridgehead atoms. The molecule has 0 aliphatic rings. The number of anilines is 2. The fourth-order valence-electron chi connectivity index (χ4n) is 1.98. The van der Waals surface area contributed by atoms with E-state index < -0.39 is 5.82 Å². The number of carbonyl (C=O) groups is 1. The highest BCUT2D eigenvalue weighted by atomic mass is 19.1. The van der Waals surface area contributed by atoms with E-state index in [0.717, 1.165) is 0 Å². The molecule has 2 N–H and O–H groups in total. The Morgan fingerprint density at radius 2 is 2.20 bits per heavy atom. The van der Waals surface area contributed by atoms with E-state index in [1.165, 1.54) is 12.1 Å². The van der Waals surface area contributed by atoms with E-state index in [9.17, 15) is 9.18 Å². The molecule has 0 saturated carbocycles. The van der Waals surface area contributed by atoms with E-state index in [1.54, 1.807) is 30.9 Å². The van der Waals surface area contributed by atoms with Crippen molar-refractivity contribution >= 4 is 17.3 Å². The Hall–Kier alpha value is -2.37. The van der Waals surface area contributed by atoms with Gasteiger partial charge in [-0.05, 0) is 26.0 Å². The Morgan fingerprint density at radius 1 is 1.45 bits per heavy atom. The highest BCUT2D eigenvalue weighted by Gasteiger charge is 2.16. The summed E-state index contributed by atoms with van der Waals surface area (Å²) in [5, 5.41) is 9.77. The number of nitrogens with zero attached hydrogens (tertiary/aromatic N) is 2. The molecule has 0 saturated heterocycles. The number of halogens is 1. The van der Waals surface area contributed by atoms with E-state index >= 15 is 0 Å². The van der Waals surface area contributed by atoms with Crippen LogP contribution in [0, 0.1) is 12.7 Å². The molecule has 0 fully saturated rings. The third-order valence-electron chi connectivity index (χ3n) is 2.87. The number of carbonyl (C=O) groups excluding carboxylic acids is 1. The second kappa shape index (κ2) is 5.73. The van der Waals surface area contributed by atoms with E-state index in [0.29, 0.717) is 17.9 Å². The molecule has 0 radical (unpaired) electrons. The minimum Gasteiger partial charge on any atom is -0.382 e. The molecule has 1 heterocycles. The van der Waals surface area contributed by atoms with Crippen LogP contribution in [0.2, 0.25) is 0 Å². The summed E-state index contributed by atoms with van der Waals surface area (Å²) in [5.74, 6) is -0.807. The summed E-state index contributed by atoms with van der Waals surface area (Å²) >= 11 is 0. The Kier molecular flexibility index (Phi) is 4.02. The zero-order valence-electron chi connectivity index (χ0n) is 11.7. The zero-order valence-corrected chi connectivity index (χ0v) is 11.7. The fourth-order valence-corrected chi connectivity index (χ4v) is 1.98. The van der Waals surface area contributed by atoms with Crippen molar-refractivity contribution in [3.63, 3.8) is 0 Å². The van der Waals surface area contributed by atoms with Crippen molar-refractivity contribution < 1.29 is 9.18 Å². The molecule has 0 aliphatic carbocycles.